The average Bonchev–Trinajstić information content (AvgIpc) is 2.43. The molecule has 0 spiro atoms. The topological polar surface area (TPSA) is 49.4 Å². The van der Waals surface area contributed by atoms with Crippen LogP contribution in [0.15, 0.2) is 16.6 Å². The number of rotatable bonds is 1. The molecule has 0 saturated carbocycles. The van der Waals surface area contributed by atoms with Crippen LogP contribution in [0.25, 0.3) is 0 Å². The van der Waals surface area contributed by atoms with Crippen molar-refractivity contribution < 1.29 is 14.0 Å². The number of carbonyl (C=O) groups is 2. The van der Waals surface area contributed by atoms with Gasteiger partial charge in [-0.2, -0.15) is 0 Å². The number of hydrogen-bond acceptors (Lipinski definition) is 2. The summed E-state index contributed by atoms with van der Waals surface area (Å²) in [5.74, 6) is -0.941. The third-order valence-electron chi connectivity index (χ3n) is 2.04. The fraction of sp³-hybridized carbons (Fsp3) is 0.111. The molecule has 4 nitrogen and oxygen atoms in total. The van der Waals surface area contributed by atoms with Crippen molar-refractivity contribution in [3.63, 3.8) is 0 Å². The molecule has 0 aromatic heterocycles. The number of hydrogen-bond donors (Lipinski definition) is 1. The lowest BCUT2D eigenvalue weighted by molar-refractivity contribution is -0.117. The highest BCUT2D eigenvalue weighted by molar-refractivity contribution is 9.10. The van der Waals surface area contributed by atoms with Gasteiger partial charge in [0.1, 0.15) is 12.4 Å². The molecule has 16 heavy (non-hydrogen) atoms. The standard InChI is InChI=1S/C9H5BrClFN2O2/c10-5-1-4(12)2-6(11)8(5)14-3-7(15)13-9(14)16/h1-2H,3H2,(H,13,15,16). The molecule has 3 amide bonds. The second-order valence-corrected chi connectivity index (χ2v) is 4.42. The van der Waals surface area contributed by atoms with Gasteiger partial charge in [-0.1, -0.05) is 11.6 Å². The minimum Gasteiger partial charge on any atom is -0.282 e. The van der Waals surface area contributed by atoms with Crippen LogP contribution in [0.1, 0.15) is 0 Å². The molecular weight excluding hydrogens is 302 g/mol. The first-order valence-corrected chi connectivity index (χ1v) is 5.42. The first-order chi connectivity index (χ1) is 7.49. The van der Waals surface area contributed by atoms with E-state index in [0.717, 1.165) is 11.0 Å². The van der Waals surface area contributed by atoms with E-state index in [2.05, 4.69) is 21.2 Å². The maximum absolute atomic E-state index is 13.0. The summed E-state index contributed by atoms with van der Waals surface area (Å²) in [4.78, 5) is 23.6. The lowest BCUT2D eigenvalue weighted by atomic mass is 10.3. The van der Waals surface area contributed by atoms with E-state index < -0.39 is 17.8 Å². The lowest BCUT2D eigenvalue weighted by Crippen LogP contribution is -2.28. The predicted octanol–water partition coefficient (Wildman–Crippen LogP) is 2.30. The number of nitrogens with zero attached hydrogens (tertiary/aromatic N) is 1. The van der Waals surface area contributed by atoms with Crippen LogP contribution < -0.4 is 10.2 Å². The second-order valence-electron chi connectivity index (χ2n) is 3.16. The van der Waals surface area contributed by atoms with Crippen molar-refractivity contribution in [3.8, 4) is 0 Å². The number of imide groups is 1. The van der Waals surface area contributed by atoms with Gasteiger partial charge in [-0.25, -0.2) is 9.18 Å². The Morgan fingerprint density at radius 2 is 2.12 bits per heavy atom. The largest absolute Gasteiger partial charge is 0.329 e. The van der Waals surface area contributed by atoms with E-state index in [1.54, 1.807) is 0 Å². The molecule has 1 heterocycles. The van der Waals surface area contributed by atoms with Gasteiger partial charge in [0, 0.05) is 4.47 Å². The summed E-state index contributed by atoms with van der Waals surface area (Å²) in [7, 11) is 0. The van der Waals surface area contributed by atoms with E-state index in [-0.39, 0.29) is 17.3 Å². The maximum Gasteiger partial charge on any atom is 0.329 e. The molecule has 0 aliphatic carbocycles. The maximum atomic E-state index is 13.0. The number of anilines is 1. The lowest BCUT2D eigenvalue weighted by Gasteiger charge is -2.16. The van der Waals surface area contributed by atoms with Crippen LogP contribution in [0.5, 0.6) is 0 Å². The van der Waals surface area contributed by atoms with Gasteiger partial charge in [0.25, 0.3) is 0 Å². The fourth-order valence-corrected chi connectivity index (χ4v) is 2.48. The molecule has 0 atom stereocenters. The zero-order valence-corrected chi connectivity index (χ0v) is 10.1. The molecule has 0 radical (unpaired) electrons. The molecule has 84 valence electrons. The van der Waals surface area contributed by atoms with Crippen molar-refractivity contribution in [1.82, 2.24) is 5.32 Å². The van der Waals surface area contributed by atoms with Crippen molar-refractivity contribution in [3.05, 3.63) is 27.4 Å². The Morgan fingerprint density at radius 1 is 1.44 bits per heavy atom. The van der Waals surface area contributed by atoms with Gasteiger partial charge >= 0.3 is 6.03 Å². The van der Waals surface area contributed by atoms with Crippen molar-refractivity contribution >= 4 is 45.2 Å². The van der Waals surface area contributed by atoms with E-state index in [0.29, 0.717) is 4.47 Å². The third kappa shape index (κ3) is 1.90. The molecule has 1 aliphatic rings. The van der Waals surface area contributed by atoms with Crippen molar-refractivity contribution in [2.45, 2.75) is 0 Å². The zero-order chi connectivity index (χ0) is 11.9. The van der Waals surface area contributed by atoms with E-state index in [4.69, 9.17) is 11.6 Å². The summed E-state index contributed by atoms with van der Waals surface area (Å²) in [6.45, 7) is -0.122. The summed E-state index contributed by atoms with van der Waals surface area (Å²) in [5, 5.41) is 2.18. The number of carbonyl (C=O) groups excluding carboxylic acids is 2. The quantitative estimate of drug-likeness (QED) is 0.809. The SMILES string of the molecule is O=C1CN(c2c(Cl)cc(F)cc2Br)C(=O)N1. The van der Waals surface area contributed by atoms with Crippen LogP contribution in [0.4, 0.5) is 14.9 Å². The van der Waals surface area contributed by atoms with Crippen LogP contribution in [0.2, 0.25) is 5.02 Å². The molecular formula is C9H5BrClFN2O2. The summed E-state index contributed by atoms with van der Waals surface area (Å²) in [5.41, 5.74) is 0.284. The Labute approximate surface area is 103 Å². The van der Waals surface area contributed by atoms with Crippen molar-refractivity contribution in [1.29, 1.82) is 0 Å². The van der Waals surface area contributed by atoms with Crippen LogP contribution >= 0.6 is 27.5 Å². The zero-order valence-electron chi connectivity index (χ0n) is 7.76. The van der Waals surface area contributed by atoms with E-state index in [1.807, 2.05) is 0 Å². The smallest absolute Gasteiger partial charge is 0.282 e. The summed E-state index contributed by atoms with van der Waals surface area (Å²) < 4.78 is 13.3. The molecule has 1 saturated heterocycles. The van der Waals surface area contributed by atoms with Gasteiger partial charge < -0.3 is 0 Å². The Bertz CT molecular complexity index is 471. The normalized spacial score (nSPS) is 15.6. The molecule has 1 N–H and O–H groups in total. The van der Waals surface area contributed by atoms with Gasteiger partial charge in [0.05, 0.1) is 10.7 Å². The first kappa shape index (κ1) is 11.3. The predicted molar refractivity (Wildman–Crippen MR) is 60.0 cm³/mol. The van der Waals surface area contributed by atoms with E-state index in [1.165, 1.54) is 6.07 Å². The first-order valence-electron chi connectivity index (χ1n) is 4.25. The van der Waals surface area contributed by atoms with E-state index >= 15 is 0 Å². The Balaban J connectivity index is 2.48. The van der Waals surface area contributed by atoms with Gasteiger partial charge in [0.2, 0.25) is 5.91 Å². The third-order valence-corrected chi connectivity index (χ3v) is 2.94. The summed E-state index contributed by atoms with van der Waals surface area (Å²) in [6, 6.07) is 1.69. The van der Waals surface area contributed by atoms with Gasteiger partial charge in [0.15, 0.2) is 0 Å². The van der Waals surface area contributed by atoms with Gasteiger partial charge in [-0.15, -0.1) is 0 Å². The van der Waals surface area contributed by atoms with Gasteiger partial charge in [-0.05, 0) is 28.1 Å². The van der Waals surface area contributed by atoms with Crippen molar-refractivity contribution in [2.24, 2.45) is 0 Å². The molecule has 7 heteroatoms. The second kappa shape index (κ2) is 4.03. The monoisotopic (exact) mass is 306 g/mol. The van der Waals surface area contributed by atoms with Crippen LogP contribution in [-0.4, -0.2) is 18.5 Å². The summed E-state index contributed by atoms with van der Waals surface area (Å²) >= 11 is 8.92. The summed E-state index contributed by atoms with van der Waals surface area (Å²) in [6.07, 6.45) is 0. The Kier molecular flexibility index (Phi) is 2.86. The Morgan fingerprint density at radius 3 is 2.62 bits per heavy atom. The van der Waals surface area contributed by atoms with Crippen molar-refractivity contribution in [2.75, 3.05) is 11.4 Å². The molecule has 1 fully saturated rings. The highest BCUT2D eigenvalue weighted by atomic mass is 79.9. The molecule has 1 aliphatic heterocycles. The Hall–Kier alpha value is -1.14. The number of amides is 3. The number of nitrogens with one attached hydrogen (secondary N) is 1. The van der Waals surface area contributed by atoms with Gasteiger partial charge in [-0.3, -0.25) is 15.0 Å². The number of urea groups is 1. The van der Waals surface area contributed by atoms with Crippen LogP contribution in [0.3, 0.4) is 0 Å². The molecule has 0 unspecified atom stereocenters. The number of benzene rings is 1. The molecule has 1 aromatic rings. The molecule has 2 rings (SSSR count). The molecule has 0 bridgehead atoms. The van der Waals surface area contributed by atoms with E-state index in [9.17, 15) is 14.0 Å². The highest BCUT2D eigenvalue weighted by Crippen LogP contribution is 2.35. The molecule has 1 aromatic carbocycles. The van der Waals surface area contributed by atoms with Crippen LogP contribution in [0, 0.1) is 5.82 Å². The van der Waals surface area contributed by atoms with Crippen LogP contribution in [-0.2, 0) is 4.79 Å². The minimum atomic E-state index is -0.570. The minimum absolute atomic E-state index is 0.0664. The fourth-order valence-electron chi connectivity index (χ4n) is 1.41. The average molecular weight is 308 g/mol. The highest BCUT2D eigenvalue weighted by Gasteiger charge is 2.31. The number of halogens is 3.